The number of nitrogens with two attached hydrogens (primary N) is 1. The molecule has 4 nitrogen and oxygen atoms in total. The first-order valence-corrected chi connectivity index (χ1v) is 6.26. The average molecular weight is 250 g/mol. The van der Waals surface area contributed by atoms with Gasteiger partial charge in [0.15, 0.2) is 0 Å². The van der Waals surface area contributed by atoms with Crippen molar-refractivity contribution >= 4 is 5.91 Å². The third-order valence-electron chi connectivity index (χ3n) is 2.80. The van der Waals surface area contributed by atoms with E-state index in [1.54, 1.807) is 7.11 Å². The molecule has 0 radical (unpaired) electrons. The van der Waals surface area contributed by atoms with Gasteiger partial charge in [0.1, 0.15) is 5.75 Å². The Morgan fingerprint density at radius 2 is 2.17 bits per heavy atom. The van der Waals surface area contributed by atoms with Gasteiger partial charge in [-0.25, -0.2) is 0 Å². The van der Waals surface area contributed by atoms with E-state index in [9.17, 15) is 4.79 Å². The van der Waals surface area contributed by atoms with Crippen molar-refractivity contribution in [2.75, 3.05) is 20.2 Å². The number of amides is 1. The summed E-state index contributed by atoms with van der Waals surface area (Å²) in [6.07, 6.45) is 0.776. The third-order valence-corrected chi connectivity index (χ3v) is 2.80. The van der Waals surface area contributed by atoms with Crippen LogP contribution in [0.2, 0.25) is 0 Å². The fraction of sp³-hybridized carbons (Fsp3) is 0.500. The molecule has 0 atom stereocenters. The monoisotopic (exact) mass is 250 g/mol. The molecule has 1 rings (SSSR count). The van der Waals surface area contributed by atoms with Crippen molar-refractivity contribution in [2.45, 2.75) is 26.2 Å². The quantitative estimate of drug-likeness (QED) is 0.758. The van der Waals surface area contributed by atoms with Crippen molar-refractivity contribution in [2.24, 2.45) is 5.73 Å². The number of carbonyl (C=O) groups excluding carboxylic acids is 1. The van der Waals surface area contributed by atoms with Gasteiger partial charge in [0.25, 0.3) is 5.91 Å². The molecule has 0 bridgehead atoms. The van der Waals surface area contributed by atoms with Crippen LogP contribution >= 0.6 is 0 Å². The number of rotatable bonds is 6. The molecule has 0 aliphatic heterocycles. The highest BCUT2D eigenvalue weighted by molar-refractivity contribution is 5.97. The molecule has 1 amide bonds. The summed E-state index contributed by atoms with van der Waals surface area (Å²) < 4.78 is 5.22. The maximum atomic E-state index is 12.0. The van der Waals surface area contributed by atoms with E-state index in [1.165, 1.54) is 0 Å². The van der Waals surface area contributed by atoms with Gasteiger partial charge in [-0.1, -0.05) is 19.9 Å². The zero-order chi connectivity index (χ0) is 13.5. The van der Waals surface area contributed by atoms with Crippen molar-refractivity contribution in [3.05, 3.63) is 29.3 Å². The van der Waals surface area contributed by atoms with Crippen LogP contribution in [0.25, 0.3) is 0 Å². The summed E-state index contributed by atoms with van der Waals surface area (Å²) in [6, 6.07) is 5.72. The summed E-state index contributed by atoms with van der Waals surface area (Å²) in [6.45, 7) is 5.35. The lowest BCUT2D eigenvalue weighted by Crippen LogP contribution is -2.26. The Morgan fingerprint density at radius 1 is 1.44 bits per heavy atom. The lowest BCUT2D eigenvalue weighted by molar-refractivity contribution is 0.0950. The minimum absolute atomic E-state index is 0.109. The van der Waals surface area contributed by atoms with E-state index >= 15 is 0 Å². The summed E-state index contributed by atoms with van der Waals surface area (Å²) in [7, 11) is 1.57. The molecule has 0 saturated carbocycles. The Balaban J connectivity index is 2.89. The predicted octanol–water partition coefficient (Wildman–Crippen LogP) is 1.90. The molecule has 0 fully saturated rings. The fourth-order valence-electron chi connectivity index (χ4n) is 1.66. The molecule has 100 valence electrons. The molecule has 0 heterocycles. The molecule has 0 saturated heterocycles. The average Bonchev–Trinajstić information content (AvgIpc) is 2.38. The van der Waals surface area contributed by atoms with E-state index in [-0.39, 0.29) is 5.91 Å². The Kier molecular flexibility index (Phi) is 5.65. The normalized spacial score (nSPS) is 10.5. The second kappa shape index (κ2) is 7.01. The van der Waals surface area contributed by atoms with Crippen LogP contribution in [0.3, 0.4) is 0 Å². The van der Waals surface area contributed by atoms with Crippen LogP contribution in [0.1, 0.15) is 42.1 Å². The van der Waals surface area contributed by atoms with Gasteiger partial charge in [-0.15, -0.1) is 0 Å². The SMILES string of the molecule is COc1ccc(C(C)C)cc1C(=O)NCCCN. The smallest absolute Gasteiger partial charge is 0.255 e. The standard InChI is InChI=1S/C14H22N2O2/c1-10(2)11-5-6-13(18-3)12(9-11)14(17)16-8-4-7-15/h5-6,9-10H,4,7-8,15H2,1-3H3,(H,16,17). The zero-order valence-electron chi connectivity index (χ0n) is 11.3. The van der Waals surface area contributed by atoms with Gasteiger partial charge in [-0.05, 0) is 36.6 Å². The molecule has 0 unspecified atom stereocenters. The number of ether oxygens (including phenoxy) is 1. The highest BCUT2D eigenvalue weighted by Crippen LogP contribution is 2.24. The van der Waals surface area contributed by atoms with Crippen molar-refractivity contribution in [3.63, 3.8) is 0 Å². The van der Waals surface area contributed by atoms with Gasteiger partial charge < -0.3 is 15.8 Å². The van der Waals surface area contributed by atoms with Crippen LogP contribution in [0.5, 0.6) is 5.75 Å². The summed E-state index contributed by atoms with van der Waals surface area (Å²) >= 11 is 0. The van der Waals surface area contributed by atoms with Gasteiger partial charge in [-0.2, -0.15) is 0 Å². The van der Waals surface area contributed by atoms with Gasteiger partial charge >= 0.3 is 0 Å². The minimum Gasteiger partial charge on any atom is -0.496 e. The second-order valence-electron chi connectivity index (χ2n) is 4.51. The Hall–Kier alpha value is -1.55. The van der Waals surface area contributed by atoms with Gasteiger partial charge in [0, 0.05) is 6.54 Å². The lowest BCUT2D eigenvalue weighted by Gasteiger charge is -2.12. The minimum atomic E-state index is -0.109. The largest absolute Gasteiger partial charge is 0.496 e. The number of hydrogen-bond acceptors (Lipinski definition) is 3. The third kappa shape index (κ3) is 3.74. The molecular formula is C14H22N2O2. The Bertz CT molecular complexity index is 403. The summed E-state index contributed by atoms with van der Waals surface area (Å²) in [5.74, 6) is 0.874. The van der Waals surface area contributed by atoms with Crippen LogP contribution in [0.15, 0.2) is 18.2 Å². The number of benzene rings is 1. The first-order valence-electron chi connectivity index (χ1n) is 6.26. The van der Waals surface area contributed by atoms with Gasteiger partial charge in [-0.3, -0.25) is 4.79 Å². The Morgan fingerprint density at radius 3 is 2.72 bits per heavy atom. The molecule has 4 heteroatoms. The Labute approximate surface area is 109 Å². The summed E-state index contributed by atoms with van der Waals surface area (Å²) in [5, 5.41) is 2.84. The summed E-state index contributed by atoms with van der Waals surface area (Å²) in [4.78, 5) is 12.0. The lowest BCUT2D eigenvalue weighted by atomic mass is 10.00. The van der Waals surface area contributed by atoms with Crippen LogP contribution in [-0.2, 0) is 0 Å². The van der Waals surface area contributed by atoms with Crippen molar-refractivity contribution in [1.29, 1.82) is 0 Å². The van der Waals surface area contributed by atoms with E-state index in [1.807, 2.05) is 18.2 Å². The molecule has 18 heavy (non-hydrogen) atoms. The zero-order valence-corrected chi connectivity index (χ0v) is 11.3. The highest BCUT2D eigenvalue weighted by Gasteiger charge is 2.13. The molecular weight excluding hydrogens is 228 g/mol. The molecule has 3 N–H and O–H groups in total. The maximum Gasteiger partial charge on any atom is 0.255 e. The van der Waals surface area contributed by atoms with E-state index in [0.29, 0.717) is 30.3 Å². The molecule has 0 aromatic heterocycles. The van der Waals surface area contributed by atoms with Crippen LogP contribution in [0.4, 0.5) is 0 Å². The first kappa shape index (κ1) is 14.5. The fourth-order valence-corrected chi connectivity index (χ4v) is 1.66. The summed E-state index contributed by atoms with van der Waals surface area (Å²) in [5.41, 5.74) is 7.11. The van der Waals surface area contributed by atoms with E-state index < -0.39 is 0 Å². The van der Waals surface area contributed by atoms with Crippen LogP contribution in [0, 0.1) is 0 Å². The van der Waals surface area contributed by atoms with E-state index in [4.69, 9.17) is 10.5 Å². The number of carbonyl (C=O) groups is 1. The van der Waals surface area contributed by atoms with Crippen molar-refractivity contribution < 1.29 is 9.53 Å². The second-order valence-corrected chi connectivity index (χ2v) is 4.51. The molecule has 0 spiro atoms. The number of nitrogens with one attached hydrogen (secondary N) is 1. The number of hydrogen-bond donors (Lipinski definition) is 2. The number of methoxy groups -OCH3 is 1. The first-order chi connectivity index (χ1) is 8.60. The molecule has 1 aromatic rings. The van der Waals surface area contributed by atoms with E-state index in [2.05, 4.69) is 19.2 Å². The highest BCUT2D eigenvalue weighted by atomic mass is 16.5. The van der Waals surface area contributed by atoms with E-state index in [0.717, 1.165) is 12.0 Å². The van der Waals surface area contributed by atoms with Crippen LogP contribution in [-0.4, -0.2) is 26.1 Å². The topological polar surface area (TPSA) is 64.3 Å². The van der Waals surface area contributed by atoms with Crippen molar-refractivity contribution in [1.82, 2.24) is 5.32 Å². The van der Waals surface area contributed by atoms with Crippen molar-refractivity contribution in [3.8, 4) is 5.75 Å². The maximum absolute atomic E-state index is 12.0. The molecule has 1 aromatic carbocycles. The predicted molar refractivity (Wildman–Crippen MR) is 73.1 cm³/mol. The van der Waals surface area contributed by atoms with Gasteiger partial charge in [0.05, 0.1) is 12.7 Å². The van der Waals surface area contributed by atoms with Crippen LogP contribution < -0.4 is 15.8 Å². The van der Waals surface area contributed by atoms with Gasteiger partial charge in [0.2, 0.25) is 0 Å². The molecule has 0 aliphatic carbocycles. The molecule has 0 aliphatic rings.